The number of carbonyl (C=O) groups excluding carboxylic acids is 1. The number of hydrogen-bond acceptors (Lipinski definition) is 2. The van der Waals surface area contributed by atoms with Crippen LogP contribution in [0.3, 0.4) is 0 Å². The number of rotatable bonds is 4. The molecule has 0 spiro atoms. The van der Waals surface area contributed by atoms with Crippen LogP contribution in [-0.2, 0) is 0 Å². The number of carbonyl (C=O) groups is 1. The summed E-state index contributed by atoms with van der Waals surface area (Å²) in [4.78, 5) is 14.4. The Balaban J connectivity index is 1.73. The molecule has 0 saturated carbocycles. The molecule has 2 N–H and O–H groups in total. The second kappa shape index (κ2) is 8.21. The highest BCUT2D eigenvalue weighted by Crippen LogP contribution is 2.33. The molecule has 0 unspecified atom stereocenters. The third-order valence-electron chi connectivity index (χ3n) is 3.23. The van der Waals surface area contributed by atoms with E-state index in [9.17, 15) is 4.79 Å². The largest absolute Gasteiger partial charge is 0.323 e. The average molecular weight is 446 g/mol. The highest BCUT2D eigenvalue weighted by Gasteiger charge is 2.09. The lowest BCUT2D eigenvalue weighted by Crippen LogP contribution is -2.20. The predicted molar refractivity (Wildman–Crippen MR) is 109 cm³/mol. The maximum atomic E-state index is 12.3. The SMILES string of the molecule is O=C(Nc1ccccc1I)Nc1ccccc1Sc1ccccc1. The topological polar surface area (TPSA) is 41.1 Å². The summed E-state index contributed by atoms with van der Waals surface area (Å²) in [6.07, 6.45) is 0. The number of urea groups is 1. The highest BCUT2D eigenvalue weighted by atomic mass is 127. The average Bonchev–Trinajstić information content (AvgIpc) is 2.60. The molecule has 3 aromatic rings. The second-order valence-corrected chi connectivity index (χ2v) is 7.25. The lowest BCUT2D eigenvalue weighted by atomic mass is 10.3. The molecule has 0 aliphatic carbocycles. The Labute approximate surface area is 159 Å². The summed E-state index contributed by atoms with van der Waals surface area (Å²) in [5.74, 6) is 0. The van der Waals surface area contributed by atoms with E-state index in [2.05, 4.69) is 33.2 Å². The Hall–Kier alpha value is -1.99. The summed E-state index contributed by atoms with van der Waals surface area (Å²) < 4.78 is 0.997. The molecule has 0 radical (unpaired) electrons. The summed E-state index contributed by atoms with van der Waals surface area (Å²) in [6, 6.07) is 25.3. The van der Waals surface area contributed by atoms with E-state index in [0.29, 0.717) is 0 Å². The third kappa shape index (κ3) is 4.52. The van der Waals surface area contributed by atoms with Crippen LogP contribution in [0.1, 0.15) is 0 Å². The zero-order chi connectivity index (χ0) is 16.8. The summed E-state index contributed by atoms with van der Waals surface area (Å²) in [7, 11) is 0. The van der Waals surface area contributed by atoms with Gasteiger partial charge in [-0.1, -0.05) is 54.2 Å². The van der Waals surface area contributed by atoms with Gasteiger partial charge in [-0.05, 0) is 59.0 Å². The van der Waals surface area contributed by atoms with Crippen LogP contribution in [0.15, 0.2) is 88.7 Å². The Kier molecular flexibility index (Phi) is 5.77. The van der Waals surface area contributed by atoms with Gasteiger partial charge < -0.3 is 10.6 Å². The molecule has 3 rings (SSSR count). The van der Waals surface area contributed by atoms with Crippen LogP contribution in [0, 0.1) is 3.57 Å². The van der Waals surface area contributed by atoms with Gasteiger partial charge in [0.2, 0.25) is 0 Å². The Morgan fingerprint density at radius 2 is 1.33 bits per heavy atom. The molecule has 0 bridgehead atoms. The van der Waals surface area contributed by atoms with E-state index in [-0.39, 0.29) is 6.03 Å². The minimum absolute atomic E-state index is 0.250. The smallest absolute Gasteiger partial charge is 0.307 e. The highest BCUT2D eigenvalue weighted by molar-refractivity contribution is 14.1. The standard InChI is InChI=1S/C19H15IN2OS/c20-15-10-4-5-11-16(15)21-19(23)22-17-12-6-7-13-18(17)24-14-8-2-1-3-9-14/h1-13H,(H2,21,22,23). The maximum Gasteiger partial charge on any atom is 0.323 e. The van der Waals surface area contributed by atoms with E-state index in [0.717, 1.165) is 24.7 Å². The second-order valence-electron chi connectivity index (χ2n) is 4.97. The van der Waals surface area contributed by atoms with E-state index < -0.39 is 0 Å². The van der Waals surface area contributed by atoms with Crippen molar-refractivity contribution in [2.45, 2.75) is 9.79 Å². The van der Waals surface area contributed by atoms with Crippen molar-refractivity contribution in [1.29, 1.82) is 0 Å². The van der Waals surface area contributed by atoms with Gasteiger partial charge in [0.05, 0.1) is 11.4 Å². The molecule has 0 heterocycles. The molecule has 3 aromatic carbocycles. The van der Waals surface area contributed by atoms with Gasteiger partial charge in [-0.25, -0.2) is 4.79 Å². The van der Waals surface area contributed by atoms with Crippen molar-refractivity contribution in [2.24, 2.45) is 0 Å². The van der Waals surface area contributed by atoms with Crippen LogP contribution in [0.2, 0.25) is 0 Å². The first-order chi connectivity index (χ1) is 11.7. The summed E-state index contributed by atoms with van der Waals surface area (Å²) in [5, 5.41) is 5.82. The number of para-hydroxylation sites is 2. The minimum atomic E-state index is -0.250. The fourth-order valence-electron chi connectivity index (χ4n) is 2.11. The number of nitrogens with one attached hydrogen (secondary N) is 2. The quantitative estimate of drug-likeness (QED) is 0.477. The van der Waals surface area contributed by atoms with Crippen LogP contribution in [-0.4, -0.2) is 6.03 Å². The van der Waals surface area contributed by atoms with Gasteiger partial charge >= 0.3 is 6.03 Å². The maximum absolute atomic E-state index is 12.3. The molecule has 120 valence electrons. The van der Waals surface area contributed by atoms with Crippen LogP contribution < -0.4 is 10.6 Å². The van der Waals surface area contributed by atoms with Crippen LogP contribution in [0.5, 0.6) is 0 Å². The molecule has 0 aliphatic rings. The molecule has 0 aromatic heterocycles. The fourth-order valence-corrected chi connectivity index (χ4v) is 3.56. The molecule has 24 heavy (non-hydrogen) atoms. The molecular weight excluding hydrogens is 431 g/mol. The van der Waals surface area contributed by atoms with Gasteiger partial charge in [-0.15, -0.1) is 0 Å². The summed E-state index contributed by atoms with van der Waals surface area (Å²) >= 11 is 3.82. The van der Waals surface area contributed by atoms with Gasteiger partial charge in [-0.3, -0.25) is 0 Å². The van der Waals surface area contributed by atoms with Gasteiger partial charge in [0.15, 0.2) is 0 Å². The van der Waals surface area contributed by atoms with E-state index in [1.807, 2.05) is 78.9 Å². The van der Waals surface area contributed by atoms with Gasteiger partial charge in [0.25, 0.3) is 0 Å². The Bertz CT molecular complexity index is 840. The van der Waals surface area contributed by atoms with Gasteiger partial charge in [0, 0.05) is 13.4 Å². The van der Waals surface area contributed by atoms with E-state index >= 15 is 0 Å². The van der Waals surface area contributed by atoms with Crippen LogP contribution in [0.25, 0.3) is 0 Å². The number of amides is 2. The van der Waals surface area contributed by atoms with Crippen molar-refractivity contribution < 1.29 is 4.79 Å². The Morgan fingerprint density at radius 3 is 2.08 bits per heavy atom. The molecule has 0 aliphatic heterocycles. The molecule has 3 nitrogen and oxygen atoms in total. The molecule has 0 saturated heterocycles. The van der Waals surface area contributed by atoms with Crippen molar-refractivity contribution in [2.75, 3.05) is 10.6 Å². The predicted octanol–water partition coefficient (Wildman–Crippen LogP) is 6.09. The summed E-state index contributed by atoms with van der Waals surface area (Å²) in [5.41, 5.74) is 1.58. The normalized spacial score (nSPS) is 10.2. The monoisotopic (exact) mass is 446 g/mol. The fraction of sp³-hybridized carbons (Fsp3) is 0. The number of benzene rings is 3. The first-order valence-electron chi connectivity index (χ1n) is 7.37. The first kappa shape index (κ1) is 16.9. The van der Waals surface area contributed by atoms with Crippen molar-refractivity contribution in [1.82, 2.24) is 0 Å². The number of halogens is 1. The molecule has 0 atom stereocenters. The Morgan fingerprint density at radius 1 is 0.750 bits per heavy atom. The van der Waals surface area contributed by atoms with E-state index in [1.165, 1.54) is 0 Å². The van der Waals surface area contributed by atoms with Gasteiger partial charge in [0.1, 0.15) is 0 Å². The van der Waals surface area contributed by atoms with Crippen molar-refractivity contribution in [3.8, 4) is 0 Å². The van der Waals surface area contributed by atoms with E-state index in [4.69, 9.17) is 0 Å². The molecular formula is C19H15IN2OS. The van der Waals surface area contributed by atoms with Crippen LogP contribution >= 0.6 is 34.4 Å². The van der Waals surface area contributed by atoms with Gasteiger partial charge in [-0.2, -0.15) is 0 Å². The van der Waals surface area contributed by atoms with Crippen molar-refractivity contribution in [3.63, 3.8) is 0 Å². The first-order valence-corrected chi connectivity index (χ1v) is 9.26. The minimum Gasteiger partial charge on any atom is -0.307 e. The zero-order valence-electron chi connectivity index (χ0n) is 12.7. The third-order valence-corrected chi connectivity index (χ3v) is 5.25. The number of hydrogen-bond donors (Lipinski definition) is 2. The molecule has 5 heteroatoms. The van der Waals surface area contributed by atoms with Crippen LogP contribution in [0.4, 0.5) is 16.2 Å². The summed E-state index contributed by atoms with van der Waals surface area (Å²) in [6.45, 7) is 0. The lowest BCUT2D eigenvalue weighted by Gasteiger charge is -2.12. The number of anilines is 2. The zero-order valence-corrected chi connectivity index (χ0v) is 15.7. The van der Waals surface area contributed by atoms with Crippen molar-refractivity contribution in [3.05, 3.63) is 82.4 Å². The molecule has 2 amide bonds. The van der Waals surface area contributed by atoms with Crippen molar-refractivity contribution >= 4 is 51.8 Å². The molecule has 0 fully saturated rings. The van der Waals surface area contributed by atoms with E-state index in [1.54, 1.807) is 11.8 Å². The lowest BCUT2D eigenvalue weighted by molar-refractivity contribution is 0.262.